The smallest absolute Gasteiger partial charge is 0.262 e. The van der Waals surface area contributed by atoms with Gasteiger partial charge in [-0.05, 0) is 48.7 Å². The van der Waals surface area contributed by atoms with E-state index in [0.717, 1.165) is 34.2 Å². The Morgan fingerprint density at radius 2 is 1.67 bits per heavy atom. The lowest BCUT2D eigenvalue weighted by molar-refractivity contribution is 0.414. The molecule has 0 bridgehead atoms. The zero-order valence-corrected chi connectivity index (χ0v) is 17.9. The van der Waals surface area contributed by atoms with E-state index in [-0.39, 0.29) is 11.6 Å². The second-order valence-corrected chi connectivity index (χ2v) is 8.18. The normalized spacial score (nSPS) is 12.1. The molecule has 1 aromatic heterocycles. The molecule has 5 heteroatoms. The zero-order valence-electron chi connectivity index (χ0n) is 17.1. The summed E-state index contributed by atoms with van der Waals surface area (Å²) in [6, 6.07) is 25.7. The Morgan fingerprint density at radius 3 is 2.40 bits per heavy atom. The van der Waals surface area contributed by atoms with Crippen LogP contribution in [0.15, 0.2) is 88.8 Å². The monoisotopic (exact) mass is 416 g/mol. The number of nitrogens with zero attached hydrogens (tertiary/aromatic N) is 2. The Balaban J connectivity index is 1.65. The standard InChI is InChI=1S/C25H24N2O2S/c1-18(20-8-4-3-5-9-20)27-24(28)22-10-6-7-11-23(22)26-25(27)30-17-16-19-12-14-21(29-2)15-13-19/h3-15,18H,16-17H2,1-2H3/t18-/m0/s1. The van der Waals surface area contributed by atoms with Gasteiger partial charge >= 0.3 is 0 Å². The quantitative estimate of drug-likeness (QED) is 0.301. The van der Waals surface area contributed by atoms with Crippen LogP contribution >= 0.6 is 11.8 Å². The van der Waals surface area contributed by atoms with Crippen molar-refractivity contribution in [2.45, 2.75) is 24.5 Å². The topological polar surface area (TPSA) is 44.1 Å². The minimum absolute atomic E-state index is 0.00361. The third kappa shape index (κ3) is 4.26. The number of ether oxygens (including phenoxy) is 1. The fourth-order valence-corrected chi connectivity index (χ4v) is 4.57. The van der Waals surface area contributed by atoms with Gasteiger partial charge < -0.3 is 4.74 Å². The molecule has 0 aliphatic heterocycles. The van der Waals surface area contributed by atoms with E-state index in [1.54, 1.807) is 18.9 Å². The molecule has 0 saturated carbocycles. The molecule has 4 aromatic rings. The molecular weight excluding hydrogens is 392 g/mol. The lowest BCUT2D eigenvalue weighted by atomic mass is 10.1. The molecule has 0 radical (unpaired) electrons. The average Bonchev–Trinajstić information content (AvgIpc) is 2.80. The molecule has 0 amide bonds. The zero-order chi connectivity index (χ0) is 20.9. The summed E-state index contributed by atoms with van der Waals surface area (Å²) in [6.45, 7) is 2.06. The molecule has 0 aliphatic carbocycles. The second-order valence-electron chi connectivity index (χ2n) is 7.12. The third-order valence-electron chi connectivity index (χ3n) is 5.23. The molecule has 4 rings (SSSR count). The fourth-order valence-electron chi connectivity index (χ4n) is 3.50. The number of methoxy groups -OCH3 is 1. The van der Waals surface area contributed by atoms with Crippen LogP contribution in [-0.2, 0) is 6.42 Å². The summed E-state index contributed by atoms with van der Waals surface area (Å²) >= 11 is 1.62. The van der Waals surface area contributed by atoms with Gasteiger partial charge in [0, 0.05) is 5.75 Å². The molecule has 0 saturated heterocycles. The number of aromatic nitrogens is 2. The summed E-state index contributed by atoms with van der Waals surface area (Å²) in [4.78, 5) is 18.2. The second kappa shape index (κ2) is 9.18. The predicted molar refractivity (Wildman–Crippen MR) is 124 cm³/mol. The van der Waals surface area contributed by atoms with Gasteiger partial charge in [0.05, 0.1) is 24.1 Å². The van der Waals surface area contributed by atoms with Crippen LogP contribution in [0.5, 0.6) is 5.75 Å². The number of thioether (sulfide) groups is 1. The van der Waals surface area contributed by atoms with Crippen molar-refractivity contribution in [3.8, 4) is 5.75 Å². The van der Waals surface area contributed by atoms with Crippen LogP contribution in [0.3, 0.4) is 0 Å². The van der Waals surface area contributed by atoms with Gasteiger partial charge in [0.1, 0.15) is 5.75 Å². The highest BCUT2D eigenvalue weighted by molar-refractivity contribution is 7.99. The van der Waals surface area contributed by atoms with Crippen LogP contribution in [0, 0.1) is 0 Å². The van der Waals surface area contributed by atoms with Crippen molar-refractivity contribution in [1.82, 2.24) is 9.55 Å². The van der Waals surface area contributed by atoms with E-state index < -0.39 is 0 Å². The van der Waals surface area contributed by atoms with Gasteiger partial charge in [-0.25, -0.2) is 4.98 Å². The van der Waals surface area contributed by atoms with E-state index in [0.29, 0.717) is 5.39 Å². The van der Waals surface area contributed by atoms with Crippen LogP contribution in [0.1, 0.15) is 24.1 Å². The largest absolute Gasteiger partial charge is 0.497 e. The van der Waals surface area contributed by atoms with Crippen molar-refractivity contribution >= 4 is 22.7 Å². The van der Waals surface area contributed by atoms with Crippen molar-refractivity contribution in [1.29, 1.82) is 0 Å². The molecule has 0 fully saturated rings. The van der Waals surface area contributed by atoms with E-state index >= 15 is 0 Å². The first-order chi connectivity index (χ1) is 14.7. The Morgan fingerprint density at radius 1 is 0.967 bits per heavy atom. The van der Waals surface area contributed by atoms with Crippen molar-refractivity contribution in [3.05, 3.63) is 100 Å². The Bertz CT molecular complexity index is 1190. The molecule has 4 nitrogen and oxygen atoms in total. The summed E-state index contributed by atoms with van der Waals surface area (Å²) in [5.41, 5.74) is 3.07. The van der Waals surface area contributed by atoms with E-state index in [1.807, 2.05) is 59.2 Å². The van der Waals surface area contributed by atoms with Crippen molar-refractivity contribution in [2.75, 3.05) is 12.9 Å². The summed E-state index contributed by atoms with van der Waals surface area (Å²) in [7, 11) is 1.67. The average molecular weight is 417 g/mol. The molecule has 152 valence electrons. The van der Waals surface area contributed by atoms with Crippen molar-refractivity contribution in [2.24, 2.45) is 0 Å². The number of aryl methyl sites for hydroxylation is 1. The number of fused-ring (bicyclic) bond motifs is 1. The minimum atomic E-state index is -0.0979. The number of benzene rings is 3. The Hall–Kier alpha value is -3.05. The summed E-state index contributed by atoms with van der Waals surface area (Å²) in [5.74, 6) is 1.69. The summed E-state index contributed by atoms with van der Waals surface area (Å²) < 4.78 is 7.06. The molecule has 0 aliphatic rings. The first-order valence-electron chi connectivity index (χ1n) is 9.99. The van der Waals surface area contributed by atoms with Gasteiger partial charge in [0.25, 0.3) is 5.56 Å². The maximum atomic E-state index is 13.4. The van der Waals surface area contributed by atoms with Crippen LogP contribution < -0.4 is 10.3 Å². The number of hydrogen-bond donors (Lipinski definition) is 0. The van der Waals surface area contributed by atoms with Crippen LogP contribution in [0.4, 0.5) is 0 Å². The molecule has 0 unspecified atom stereocenters. The first-order valence-corrected chi connectivity index (χ1v) is 11.0. The van der Waals surface area contributed by atoms with E-state index in [1.165, 1.54) is 5.56 Å². The summed E-state index contributed by atoms with van der Waals surface area (Å²) in [5, 5.41) is 1.41. The predicted octanol–water partition coefficient (Wildman–Crippen LogP) is 5.35. The molecule has 1 atom stereocenters. The first kappa shape index (κ1) is 20.2. The molecule has 1 heterocycles. The Kier molecular flexibility index (Phi) is 6.19. The molecule has 0 N–H and O–H groups in total. The number of para-hydroxylation sites is 1. The van der Waals surface area contributed by atoms with E-state index in [4.69, 9.17) is 9.72 Å². The molecular formula is C25H24N2O2S. The molecule has 0 spiro atoms. The maximum Gasteiger partial charge on any atom is 0.262 e. The van der Waals surface area contributed by atoms with E-state index in [9.17, 15) is 4.79 Å². The van der Waals surface area contributed by atoms with Gasteiger partial charge in [-0.3, -0.25) is 9.36 Å². The highest BCUT2D eigenvalue weighted by Crippen LogP contribution is 2.25. The highest BCUT2D eigenvalue weighted by atomic mass is 32.2. The lowest BCUT2D eigenvalue weighted by Gasteiger charge is -2.20. The van der Waals surface area contributed by atoms with Crippen LogP contribution in [0.25, 0.3) is 10.9 Å². The SMILES string of the molecule is COc1ccc(CCSc2nc3ccccc3c(=O)n2[C@@H](C)c2ccccc2)cc1. The van der Waals surface area contributed by atoms with Gasteiger partial charge in [0.15, 0.2) is 5.16 Å². The van der Waals surface area contributed by atoms with Crippen LogP contribution in [-0.4, -0.2) is 22.4 Å². The van der Waals surface area contributed by atoms with Crippen molar-refractivity contribution < 1.29 is 4.74 Å². The molecule has 30 heavy (non-hydrogen) atoms. The fraction of sp³-hybridized carbons (Fsp3) is 0.200. The van der Waals surface area contributed by atoms with E-state index in [2.05, 4.69) is 31.2 Å². The maximum absolute atomic E-state index is 13.4. The molecule has 3 aromatic carbocycles. The number of rotatable bonds is 7. The summed E-state index contributed by atoms with van der Waals surface area (Å²) in [6.07, 6.45) is 0.886. The Labute approximate surface area is 180 Å². The highest BCUT2D eigenvalue weighted by Gasteiger charge is 2.17. The van der Waals surface area contributed by atoms with Crippen LogP contribution in [0.2, 0.25) is 0 Å². The van der Waals surface area contributed by atoms with Gasteiger partial charge in [-0.15, -0.1) is 0 Å². The third-order valence-corrected chi connectivity index (χ3v) is 6.18. The van der Waals surface area contributed by atoms with Gasteiger partial charge in [0.2, 0.25) is 0 Å². The lowest BCUT2D eigenvalue weighted by Crippen LogP contribution is -2.27. The van der Waals surface area contributed by atoms with Gasteiger partial charge in [-0.2, -0.15) is 0 Å². The van der Waals surface area contributed by atoms with Gasteiger partial charge in [-0.1, -0.05) is 66.4 Å². The number of hydrogen-bond acceptors (Lipinski definition) is 4. The minimum Gasteiger partial charge on any atom is -0.497 e. The van der Waals surface area contributed by atoms with Crippen molar-refractivity contribution in [3.63, 3.8) is 0 Å².